The van der Waals surface area contributed by atoms with Crippen LogP contribution in [0.25, 0.3) is 5.57 Å². The maximum atomic E-state index is 4.56. The third-order valence-corrected chi connectivity index (χ3v) is 5.06. The number of benzene rings is 1. The van der Waals surface area contributed by atoms with Crippen molar-refractivity contribution in [3.63, 3.8) is 0 Å². The zero-order valence-electron chi connectivity index (χ0n) is 17.4. The maximum Gasteiger partial charge on any atom is 0.193 e. The van der Waals surface area contributed by atoms with Crippen molar-refractivity contribution in [1.29, 1.82) is 0 Å². The third-order valence-electron chi connectivity index (χ3n) is 5.06. The van der Waals surface area contributed by atoms with Crippen molar-refractivity contribution >= 4 is 35.5 Å². The summed E-state index contributed by atoms with van der Waals surface area (Å²) in [6.45, 7) is 10.1. The maximum absolute atomic E-state index is 4.56. The van der Waals surface area contributed by atoms with Crippen molar-refractivity contribution in [2.45, 2.75) is 33.7 Å². The van der Waals surface area contributed by atoms with Crippen LogP contribution in [-0.4, -0.2) is 47.3 Å². The number of halogens is 1. The summed E-state index contributed by atoms with van der Waals surface area (Å²) in [5.74, 6) is 1.46. The van der Waals surface area contributed by atoms with Gasteiger partial charge in [-0.15, -0.1) is 24.0 Å². The van der Waals surface area contributed by atoms with Gasteiger partial charge in [-0.1, -0.05) is 43.3 Å². The Bertz CT molecular complexity index is 810. The number of nitrogens with zero attached hydrogens (tertiary/aromatic N) is 4. The summed E-state index contributed by atoms with van der Waals surface area (Å²) < 4.78 is 2.10. The average molecular weight is 493 g/mol. The Morgan fingerprint density at radius 1 is 1.25 bits per heavy atom. The van der Waals surface area contributed by atoms with Crippen molar-refractivity contribution in [1.82, 2.24) is 20.0 Å². The highest BCUT2D eigenvalue weighted by Gasteiger charge is 2.17. The molecule has 1 aliphatic heterocycles. The molecule has 2 heterocycles. The zero-order chi connectivity index (χ0) is 19.2. The molecule has 0 fully saturated rings. The van der Waals surface area contributed by atoms with Crippen LogP contribution < -0.4 is 5.32 Å². The SMILES string of the molecule is CN=C(NCC(C)Cn1nc(C)cc1C)N1CC=C(c2ccccc2)CC1.I. The fraction of sp³-hybridized carbons (Fsp3) is 0.455. The van der Waals surface area contributed by atoms with Gasteiger partial charge in [-0.05, 0) is 43.4 Å². The van der Waals surface area contributed by atoms with Gasteiger partial charge in [0, 0.05) is 38.9 Å². The Labute approximate surface area is 185 Å². The van der Waals surface area contributed by atoms with Gasteiger partial charge in [0.15, 0.2) is 5.96 Å². The lowest BCUT2D eigenvalue weighted by Crippen LogP contribution is -2.45. The highest BCUT2D eigenvalue weighted by Crippen LogP contribution is 2.22. The molecule has 1 aromatic heterocycles. The zero-order valence-corrected chi connectivity index (χ0v) is 19.7. The minimum absolute atomic E-state index is 0. The summed E-state index contributed by atoms with van der Waals surface area (Å²) in [6, 6.07) is 12.8. The molecule has 1 atom stereocenters. The van der Waals surface area contributed by atoms with E-state index in [1.165, 1.54) is 16.8 Å². The van der Waals surface area contributed by atoms with Gasteiger partial charge < -0.3 is 10.2 Å². The Morgan fingerprint density at radius 2 is 2.00 bits per heavy atom. The summed E-state index contributed by atoms with van der Waals surface area (Å²) in [7, 11) is 1.87. The van der Waals surface area contributed by atoms with E-state index in [2.05, 4.69) is 81.3 Å². The molecule has 0 saturated carbocycles. The van der Waals surface area contributed by atoms with Crippen LogP contribution in [0.1, 0.15) is 30.3 Å². The van der Waals surface area contributed by atoms with Gasteiger partial charge in [0.05, 0.1) is 5.69 Å². The molecule has 0 spiro atoms. The van der Waals surface area contributed by atoms with E-state index in [4.69, 9.17) is 0 Å². The summed E-state index contributed by atoms with van der Waals surface area (Å²) in [5.41, 5.74) is 5.06. The Hall–Kier alpha value is -1.83. The number of aryl methyl sites for hydroxylation is 2. The first-order valence-corrected chi connectivity index (χ1v) is 9.78. The molecule has 0 saturated heterocycles. The molecule has 5 nitrogen and oxygen atoms in total. The molecule has 6 heteroatoms. The van der Waals surface area contributed by atoms with E-state index >= 15 is 0 Å². The van der Waals surface area contributed by atoms with Crippen LogP contribution in [0.15, 0.2) is 47.5 Å². The van der Waals surface area contributed by atoms with Gasteiger partial charge in [-0.3, -0.25) is 9.67 Å². The first kappa shape index (κ1) is 22.5. The Kier molecular flexibility index (Phi) is 8.54. The van der Waals surface area contributed by atoms with Crippen molar-refractivity contribution in [2.24, 2.45) is 10.9 Å². The van der Waals surface area contributed by atoms with Crippen LogP contribution >= 0.6 is 24.0 Å². The Morgan fingerprint density at radius 3 is 2.57 bits per heavy atom. The number of rotatable bonds is 5. The van der Waals surface area contributed by atoms with Crippen LogP contribution in [-0.2, 0) is 6.54 Å². The summed E-state index contributed by atoms with van der Waals surface area (Å²) in [5, 5.41) is 8.11. The molecule has 1 aliphatic rings. The molecule has 2 aromatic rings. The van der Waals surface area contributed by atoms with E-state index in [1.54, 1.807) is 0 Å². The summed E-state index contributed by atoms with van der Waals surface area (Å²) in [4.78, 5) is 6.81. The van der Waals surface area contributed by atoms with Crippen molar-refractivity contribution in [3.8, 4) is 0 Å². The number of guanidine groups is 1. The molecule has 0 amide bonds. The quantitative estimate of drug-likeness (QED) is 0.387. The number of hydrogen-bond acceptors (Lipinski definition) is 2. The van der Waals surface area contributed by atoms with Gasteiger partial charge in [-0.2, -0.15) is 5.10 Å². The molecule has 1 unspecified atom stereocenters. The monoisotopic (exact) mass is 493 g/mol. The first-order valence-electron chi connectivity index (χ1n) is 9.78. The van der Waals surface area contributed by atoms with Gasteiger partial charge in [0.1, 0.15) is 0 Å². The van der Waals surface area contributed by atoms with Crippen LogP contribution in [0.2, 0.25) is 0 Å². The normalized spacial score (nSPS) is 15.6. The van der Waals surface area contributed by atoms with Crippen LogP contribution in [0.4, 0.5) is 0 Å². The number of nitrogens with one attached hydrogen (secondary N) is 1. The standard InChI is InChI=1S/C22H31N5.HI/c1-17(16-27-19(3)14-18(2)25-27)15-24-22(23-4)26-12-10-21(11-13-26)20-8-6-5-7-9-20;/h5-10,14,17H,11-13,15-16H2,1-4H3,(H,23,24);1H. The van der Waals surface area contributed by atoms with Gasteiger partial charge in [-0.25, -0.2) is 0 Å². The second-order valence-electron chi connectivity index (χ2n) is 7.43. The molecule has 1 N–H and O–H groups in total. The molecule has 0 radical (unpaired) electrons. The number of aliphatic imine (C=N–C) groups is 1. The summed E-state index contributed by atoms with van der Waals surface area (Å²) >= 11 is 0. The fourth-order valence-electron chi connectivity index (χ4n) is 3.59. The van der Waals surface area contributed by atoms with Crippen molar-refractivity contribution < 1.29 is 0 Å². The molecule has 152 valence electrons. The van der Waals surface area contributed by atoms with Gasteiger partial charge in [0.25, 0.3) is 0 Å². The predicted molar refractivity (Wildman–Crippen MR) is 128 cm³/mol. The lowest BCUT2D eigenvalue weighted by molar-refractivity contribution is 0.407. The van der Waals surface area contributed by atoms with Gasteiger partial charge in [0.2, 0.25) is 0 Å². The van der Waals surface area contributed by atoms with Gasteiger partial charge >= 0.3 is 0 Å². The molecule has 0 aliphatic carbocycles. The number of aromatic nitrogens is 2. The minimum Gasteiger partial charge on any atom is -0.356 e. The van der Waals surface area contributed by atoms with E-state index in [9.17, 15) is 0 Å². The lowest BCUT2D eigenvalue weighted by atomic mass is 10.00. The predicted octanol–water partition coefficient (Wildman–Crippen LogP) is 4.12. The van der Waals surface area contributed by atoms with E-state index in [0.29, 0.717) is 5.92 Å². The third kappa shape index (κ3) is 5.83. The van der Waals surface area contributed by atoms with Crippen molar-refractivity contribution in [2.75, 3.05) is 26.7 Å². The van der Waals surface area contributed by atoms with E-state index in [-0.39, 0.29) is 24.0 Å². The van der Waals surface area contributed by atoms with Crippen molar-refractivity contribution in [3.05, 3.63) is 59.4 Å². The fourth-order valence-corrected chi connectivity index (χ4v) is 3.59. The lowest BCUT2D eigenvalue weighted by Gasteiger charge is -2.30. The van der Waals surface area contributed by atoms with E-state index in [1.807, 2.05) is 14.0 Å². The largest absolute Gasteiger partial charge is 0.356 e. The molecular formula is C22H32IN5. The molecular weight excluding hydrogens is 461 g/mol. The smallest absolute Gasteiger partial charge is 0.193 e. The average Bonchev–Trinajstić information content (AvgIpc) is 3.00. The first-order chi connectivity index (χ1) is 13.1. The molecule has 28 heavy (non-hydrogen) atoms. The topological polar surface area (TPSA) is 45.5 Å². The summed E-state index contributed by atoms with van der Waals surface area (Å²) in [6.07, 6.45) is 3.37. The molecule has 0 bridgehead atoms. The minimum atomic E-state index is 0. The van der Waals surface area contributed by atoms with Crippen LogP contribution in [0, 0.1) is 19.8 Å². The Balaban J connectivity index is 0.00000280. The van der Waals surface area contributed by atoms with E-state index < -0.39 is 0 Å². The highest BCUT2D eigenvalue weighted by molar-refractivity contribution is 14.0. The molecule has 3 rings (SSSR count). The number of hydrogen-bond donors (Lipinski definition) is 1. The second-order valence-corrected chi connectivity index (χ2v) is 7.43. The second kappa shape index (κ2) is 10.6. The van der Waals surface area contributed by atoms with Crippen LogP contribution in [0.3, 0.4) is 0 Å². The molecule has 1 aromatic carbocycles. The van der Waals surface area contributed by atoms with Crippen LogP contribution in [0.5, 0.6) is 0 Å². The highest BCUT2D eigenvalue weighted by atomic mass is 127. The van der Waals surface area contributed by atoms with E-state index in [0.717, 1.165) is 44.3 Å².